The zero-order chi connectivity index (χ0) is 6.85. The van der Waals surface area contributed by atoms with Crippen LogP contribution >= 0.6 is 45.8 Å². The third-order valence-electron chi connectivity index (χ3n) is 1.09. The molecular formula is C6H5Cl2I. The van der Waals surface area contributed by atoms with Crippen LogP contribution < -0.4 is 0 Å². The number of alkyl halides is 1. The molecule has 0 aromatic carbocycles. The van der Waals surface area contributed by atoms with Crippen LogP contribution in [0.25, 0.3) is 0 Å². The van der Waals surface area contributed by atoms with Gasteiger partial charge in [0.05, 0.1) is 3.92 Å². The van der Waals surface area contributed by atoms with Crippen LogP contribution in [0.3, 0.4) is 0 Å². The Balaban J connectivity index is 2.74. The van der Waals surface area contributed by atoms with Crippen molar-refractivity contribution in [2.75, 3.05) is 0 Å². The molecule has 0 radical (unpaired) electrons. The fourth-order valence-corrected chi connectivity index (χ4v) is 1.51. The molecule has 3 heteroatoms. The van der Waals surface area contributed by atoms with Crippen LogP contribution in [0.2, 0.25) is 0 Å². The van der Waals surface area contributed by atoms with Crippen LogP contribution in [-0.4, -0.2) is 3.92 Å². The molecule has 1 aliphatic carbocycles. The van der Waals surface area contributed by atoms with E-state index in [2.05, 4.69) is 22.6 Å². The monoisotopic (exact) mass is 274 g/mol. The molecule has 1 atom stereocenters. The van der Waals surface area contributed by atoms with Crippen molar-refractivity contribution in [3.63, 3.8) is 0 Å². The van der Waals surface area contributed by atoms with Gasteiger partial charge in [-0.15, -0.1) is 0 Å². The fourth-order valence-electron chi connectivity index (χ4n) is 0.610. The summed E-state index contributed by atoms with van der Waals surface area (Å²) in [6.45, 7) is 0. The highest BCUT2D eigenvalue weighted by Gasteiger charge is 2.10. The molecule has 0 saturated carbocycles. The summed E-state index contributed by atoms with van der Waals surface area (Å²) in [5, 5.41) is 1.61. The molecule has 0 nitrogen and oxygen atoms in total. The van der Waals surface area contributed by atoms with Crippen molar-refractivity contribution in [1.82, 2.24) is 0 Å². The van der Waals surface area contributed by atoms with Crippen LogP contribution in [-0.2, 0) is 0 Å². The van der Waals surface area contributed by atoms with E-state index in [1.807, 2.05) is 6.08 Å². The average molecular weight is 275 g/mol. The highest BCUT2D eigenvalue weighted by Crippen LogP contribution is 2.28. The summed E-state index contributed by atoms with van der Waals surface area (Å²) in [6.07, 6.45) is 4.73. The van der Waals surface area contributed by atoms with Gasteiger partial charge in [0.2, 0.25) is 0 Å². The molecule has 0 heterocycles. The Morgan fingerprint density at radius 2 is 2.22 bits per heavy atom. The minimum Gasteiger partial charge on any atom is -0.0879 e. The van der Waals surface area contributed by atoms with Gasteiger partial charge in [-0.1, -0.05) is 51.9 Å². The summed E-state index contributed by atoms with van der Waals surface area (Å²) in [7, 11) is 0. The van der Waals surface area contributed by atoms with Gasteiger partial charge in [0.15, 0.2) is 0 Å². The zero-order valence-electron chi connectivity index (χ0n) is 4.57. The van der Waals surface area contributed by atoms with Gasteiger partial charge in [0, 0.05) is 10.1 Å². The third-order valence-corrected chi connectivity index (χ3v) is 3.28. The van der Waals surface area contributed by atoms with Gasteiger partial charge >= 0.3 is 0 Å². The van der Waals surface area contributed by atoms with Crippen LogP contribution in [0.5, 0.6) is 0 Å². The average Bonchev–Trinajstić information content (AvgIpc) is 1.80. The molecule has 50 valence electrons. The van der Waals surface area contributed by atoms with Gasteiger partial charge in [0.25, 0.3) is 0 Å². The quantitative estimate of drug-likeness (QED) is 0.469. The topological polar surface area (TPSA) is 0 Å². The summed E-state index contributed by atoms with van der Waals surface area (Å²) in [5.41, 5.74) is 0. The second-order valence-corrected chi connectivity index (χ2v) is 4.20. The van der Waals surface area contributed by atoms with E-state index in [0.717, 1.165) is 16.5 Å². The van der Waals surface area contributed by atoms with Gasteiger partial charge in [-0.05, 0) is 12.5 Å². The maximum atomic E-state index is 5.79. The lowest BCUT2D eigenvalue weighted by Crippen LogP contribution is -1.99. The third kappa shape index (κ3) is 2.13. The number of hydrogen-bond acceptors (Lipinski definition) is 0. The molecule has 1 rings (SSSR count). The molecule has 0 amide bonds. The maximum Gasteiger partial charge on any atom is 0.0502 e. The van der Waals surface area contributed by atoms with Crippen LogP contribution in [0.1, 0.15) is 6.42 Å². The van der Waals surface area contributed by atoms with Crippen molar-refractivity contribution in [2.24, 2.45) is 0 Å². The standard InChI is InChI=1S/C6H5Cl2I/c7-4-1-2-6(9)5(8)3-4/h1,3,6H,2H2. The Morgan fingerprint density at radius 3 is 2.67 bits per heavy atom. The smallest absolute Gasteiger partial charge is 0.0502 e. The first kappa shape index (κ1) is 7.89. The molecule has 9 heavy (non-hydrogen) atoms. The van der Waals surface area contributed by atoms with Crippen LogP contribution in [0.15, 0.2) is 22.2 Å². The predicted molar refractivity (Wildman–Crippen MR) is 50.3 cm³/mol. The lowest BCUT2D eigenvalue weighted by molar-refractivity contribution is 1.07. The summed E-state index contributed by atoms with van der Waals surface area (Å²) in [6, 6.07) is 0. The Bertz CT molecular complexity index is 172. The molecule has 0 fully saturated rings. The predicted octanol–water partition coefficient (Wildman–Crippen LogP) is 3.44. The van der Waals surface area contributed by atoms with Crippen molar-refractivity contribution >= 4 is 45.8 Å². The first-order valence-corrected chi connectivity index (χ1v) is 4.57. The van der Waals surface area contributed by atoms with Crippen molar-refractivity contribution in [3.05, 3.63) is 22.2 Å². The molecule has 0 N–H and O–H groups in total. The number of halogens is 3. The molecule has 0 bridgehead atoms. The molecule has 0 aromatic rings. The van der Waals surface area contributed by atoms with E-state index in [1.54, 1.807) is 6.08 Å². The highest BCUT2D eigenvalue weighted by molar-refractivity contribution is 14.1. The molecule has 0 aliphatic heterocycles. The Kier molecular flexibility index (Phi) is 2.86. The van der Waals surface area contributed by atoms with Crippen molar-refractivity contribution in [3.8, 4) is 0 Å². The van der Waals surface area contributed by atoms with Crippen LogP contribution in [0.4, 0.5) is 0 Å². The second kappa shape index (κ2) is 3.26. The number of rotatable bonds is 0. The molecule has 0 aromatic heterocycles. The molecule has 1 unspecified atom stereocenters. The zero-order valence-corrected chi connectivity index (χ0v) is 8.24. The van der Waals surface area contributed by atoms with Gasteiger partial charge in [-0.3, -0.25) is 0 Å². The van der Waals surface area contributed by atoms with E-state index in [9.17, 15) is 0 Å². The number of hydrogen-bond donors (Lipinski definition) is 0. The Morgan fingerprint density at radius 1 is 1.56 bits per heavy atom. The van der Waals surface area contributed by atoms with E-state index in [0.29, 0.717) is 3.92 Å². The van der Waals surface area contributed by atoms with E-state index >= 15 is 0 Å². The lowest BCUT2D eigenvalue weighted by Gasteiger charge is -2.09. The van der Waals surface area contributed by atoms with E-state index in [-0.39, 0.29) is 0 Å². The molecule has 0 spiro atoms. The van der Waals surface area contributed by atoms with E-state index < -0.39 is 0 Å². The van der Waals surface area contributed by atoms with Crippen molar-refractivity contribution in [2.45, 2.75) is 10.3 Å². The maximum absolute atomic E-state index is 5.79. The SMILES string of the molecule is ClC1=CCC(I)C(Cl)=C1. The van der Waals surface area contributed by atoms with E-state index in [1.165, 1.54) is 0 Å². The normalized spacial score (nSPS) is 27.2. The Hall–Kier alpha value is 0.790. The minimum absolute atomic E-state index is 0.423. The van der Waals surface area contributed by atoms with Gasteiger partial charge in [0.1, 0.15) is 0 Å². The first-order chi connectivity index (χ1) is 4.20. The largest absolute Gasteiger partial charge is 0.0879 e. The Labute approximate surface area is 78.0 Å². The van der Waals surface area contributed by atoms with Crippen molar-refractivity contribution in [1.29, 1.82) is 0 Å². The highest BCUT2D eigenvalue weighted by atomic mass is 127. The molecule has 1 aliphatic rings. The summed E-state index contributed by atoms with van der Waals surface area (Å²) in [5.74, 6) is 0. The van der Waals surface area contributed by atoms with Gasteiger partial charge in [-0.25, -0.2) is 0 Å². The number of allylic oxidation sites excluding steroid dienone is 4. The van der Waals surface area contributed by atoms with Gasteiger partial charge in [-0.2, -0.15) is 0 Å². The minimum atomic E-state index is 0.423. The summed E-state index contributed by atoms with van der Waals surface area (Å²) < 4.78 is 0.423. The lowest BCUT2D eigenvalue weighted by atomic mass is 10.2. The van der Waals surface area contributed by atoms with Gasteiger partial charge < -0.3 is 0 Å². The van der Waals surface area contributed by atoms with Crippen molar-refractivity contribution < 1.29 is 0 Å². The fraction of sp³-hybridized carbons (Fsp3) is 0.333. The second-order valence-electron chi connectivity index (χ2n) is 1.82. The summed E-state index contributed by atoms with van der Waals surface area (Å²) in [4.78, 5) is 0. The first-order valence-electron chi connectivity index (χ1n) is 2.57. The van der Waals surface area contributed by atoms with E-state index in [4.69, 9.17) is 23.2 Å². The molecular weight excluding hydrogens is 270 g/mol. The summed E-state index contributed by atoms with van der Waals surface area (Å²) >= 11 is 13.8. The molecule has 0 saturated heterocycles. The van der Waals surface area contributed by atoms with Crippen LogP contribution in [0, 0.1) is 0 Å².